The van der Waals surface area contributed by atoms with Gasteiger partial charge in [-0.25, -0.2) is 13.9 Å². The molecule has 37 heavy (non-hydrogen) atoms. The van der Waals surface area contributed by atoms with Gasteiger partial charge in [-0.05, 0) is 26.7 Å². The molecule has 2 N–H and O–H groups in total. The van der Waals surface area contributed by atoms with Crippen LogP contribution in [0.5, 0.6) is 0 Å². The highest BCUT2D eigenvalue weighted by atomic mass is 31.2. The van der Waals surface area contributed by atoms with Gasteiger partial charge in [-0.1, -0.05) is 0 Å². The molecule has 1 aromatic rings. The van der Waals surface area contributed by atoms with Gasteiger partial charge in [-0.15, -0.1) is 0 Å². The molecule has 5 rings (SSSR count). The lowest BCUT2D eigenvalue weighted by Crippen LogP contribution is -2.49. The minimum absolute atomic E-state index is 0.566. The second-order valence-electron chi connectivity index (χ2n) is 9.52. The number of phosphoric ester groups is 1. The van der Waals surface area contributed by atoms with Crippen molar-refractivity contribution in [3.05, 3.63) is 33.1 Å². The molecule has 2 saturated carbocycles. The van der Waals surface area contributed by atoms with Crippen LogP contribution in [0, 0.1) is 0 Å². The highest BCUT2D eigenvalue weighted by Crippen LogP contribution is 2.73. The molecule has 0 bridgehead atoms. The van der Waals surface area contributed by atoms with Crippen LogP contribution >= 0.6 is 7.82 Å². The number of hydrogen-bond acceptors (Lipinski definition) is 13. The molecule has 2 spiro atoms. The summed E-state index contributed by atoms with van der Waals surface area (Å²) in [5.41, 5.74) is -3.86. The summed E-state index contributed by atoms with van der Waals surface area (Å²) in [6.07, 6.45) is 0.104. The van der Waals surface area contributed by atoms with Crippen molar-refractivity contribution in [2.75, 3.05) is 13.6 Å². The maximum Gasteiger partial charge on any atom is 0.480 e. The van der Waals surface area contributed by atoms with Gasteiger partial charge in [0, 0.05) is 32.0 Å². The lowest BCUT2D eigenvalue weighted by atomic mass is 9.95. The predicted octanol–water partition coefficient (Wildman–Crippen LogP) is 0.622. The Morgan fingerprint density at radius 1 is 1.27 bits per heavy atom. The van der Waals surface area contributed by atoms with Crippen LogP contribution in [0.2, 0.25) is 0 Å². The first kappa shape index (κ1) is 26.7. The lowest BCUT2D eigenvalue weighted by Gasteiger charge is -2.34. The van der Waals surface area contributed by atoms with Crippen molar-refractivity contribution in [1.82, 2.24) is 9.55 Å². The molecule has 2 saturated heterocycles. The molecule has 15 nitrogen and oxygen atoms in total. The van der Waals surface area contributed by atoms with E-state index in [1.54, 1.807) is 6.92 Å². The first-order valence-electron chi connectivity index (χ1n) is 11.8. The van der Waals surface area contributed by atoms with E-state index >= 15 is 0 Å². The number of esters is 1. The summed E-state index contributed by atoms with van der Waals surface area (Å²) in [6, 6.07) is 1.19. The molecule has 2 aliphatic carbocycles. The van der Waals surface area contributed by atoms with Crippen LogP contribution < -0.4 is 11.2 Å². The SMILES string of the molecule is CC(=O)OCOP(=O)(OCOC(C)O)OC1[C@H]2O[C@@H](n3ccc(=O)[nH]c3=O)[C@]3(C)OC4(CCCC4)O[C@]123. The second kappa shape index (κ2) is 9.36. The summed E-state index contributed by atoms with van der Waals surface area (Å²) in [5.74, 6) is -1.65. The number of aromatic nitrogens is 2. The van der Waals surface area contributed by atoms with Crippen molar-refractivity contribution in [3.63, 3.8) is 0 Å². The van der Waals surface area contributed by atoms with Gasteiger partial charge in [0.15, 0.2) is 30.7 Å². The summed E-state index contributed by atoms with van der Waals surface area (Å²) in [7, 11) is -4.46. The number of aliphatic hydroxyl groups excluding tert-OH is 1. The zero-order valence-corrected chi connectivity index (χ0v) is 21.3. The average molecular weight is 548 g/mol. The number of H-pyrrole nitrogens is 1. The highest BCUT2D eigenvalue weighted by molar-refractivity contribution is 7.48. The fraction of sp³-hybridized carbons (Fsp3) is 0.762. The third kappa shape index (κ3) is 4.51. The smallest absolute Gasteiger partial charge is 0.438 e. The van der Waals surface area contributed by atoms with Crippen LogP contribution in [-0.2, 0) is 46.6 Å². The molecule has 4 fully saturated rings. The molecule has 0 radical (unpaired) electrons. The van der Waals surface area contributed by atoms with Crippen LogP contribution in [-0.4, -0.2) is 69.7 Å². The largest absolute Gasteiger partial charge is 0.480 e. The molecule has 4 aliphatic rings. The monoisotopic (exact) mass is 548 g/mol. The topological polar surface area (TPSA) is 183 Å². The molecule has 1 aromatic heterocycles. The number of hydrogen-bond donors (Lipinski definition) is 2. The molecule has 0 aromatic carbocycles. The van der Waals surface area contributed by atoms with Crippen molar-refractivity contribution in [2.45, 2.75) is 88.2 Å². The Bertz CT molecular complexity index is 1210. The van der Waals surface area contributed by atoms with Crippen molar-refractivity contribution in [3.8, 4) is 0 Å². The van der Waals surface area contributed by atoms with Gasteiger partial charge < -0.3 is 28.8 Å². The van der Waals surface area contributed by atoms with E-state index in [0.717, 1.165) is 19.8 Å². The lowest BCUT2D eigenvalue weighted by molar-refractivity contribution is -0.223. The number of aromatic amines is 1. The van der Waals surface area contributed by atoms with Crippen molar-refractivity contribution >= 4 is 13.8 Å². The molecule has 2 aliphatic heterocycles. The van der Waals surface area contributed by atoms with Crippen LogP contribution in [0.1, 0.15) is 52.7 Å². The number of aliphatic hydroxyl groups is 1. The van der Waals surface area contributed by atoms with E-state index in [4.69, 9.17) is 37.3 Å². The van der Waals surface area contributed by atoms with Crippen molar-refractivity contribution in [2.24, 2.45) is 0 Å². The number of carbonyl (C=O) groups is 1. The van der Waals surface area contributed by atoms with Gasteiger partial charge in [-0.3, -0.25) is 28.2 Å². The predicted molar refractivity (Wildman–Crippen MR) is 119 cm³/mol. The molecular weight excluding hydrogens is 519 g/mol. The van der Waals surface area contributed by atoms with Crippen LogP contribution in [0.3, 0.4) is 0 Å². The molecule has 206 valence electrons. The molecule has 0 amide bonds. The zero-order chi connectivity index (χ0) is 26.6. The number of nitrogens with zero attached hydrogens (tertiary/aromatic N) is 1. The number of rotatable bonds is 10. The van der Waals surface area contributed by atoms with Gasteiger partial charge in [0.2, 0.25) is 6.79 Å². The first-order valence-corrected chi connectivity index (χ1v) is 13.3. The van der Waals surface area contributed by atoms with E-state index in [1.165, 1.54) is 23.8 Å². The maximum absolute atomic E-state index is 13.4. The summed E-state index contributed by atoms with van der Waals surface area (Å²) in [5, 5.41) is 9.32. The minimum Gasteiger partial charge on any atom is -0.438 e. The van der Waals surface area contributed by atoms with Crippen LogP contribution in [0.4, 0.5) is 0 Å². The fourth-order valence-electron chi connectivity index (χ4n) is 5.37. The highest BCUT2D eigenvalue weighted by Gasteiger charge is 2.91. The normalized spacial score (nSPS) is 35.6. The summed E-state index contributed by atoms with van der Waals surface area (Å²) < 4.78 is 59.4. The molecule has 3 unspecified atom stereocenters. The van der Waals surface area contributed by atoms with Crippen molar-refractivity contribution in [1.29, 1.82) is 0 Å². The Morgan fingerprint density at radius 3 is 2.62 bits per heavy atom. The van der Waals surface area contributed by atoms with Gasteiger partial charge in [0.25, 0.3) is 5.56 Å². The third-order valence-electron chi connectivity index (χ3n) is 6.99. The molecule has 7 atom stereocenters. The van der Waals surface area contributed by atoms with E-state index in [9.17, 15) is 24.1 Å². The second-order valence-corrected chi connectivity index (χ2v) is 11.1. The minimum atomic E-state index is -4.46. The van der Waals surface area contributed by atoms with E-state index in [0.29, 0.717) is 12.8 Å². The Kier molecular flexibility index (Phi) is 6.74. The van der Waals surface area contributed by atoms with E-state index in [1.807, 2.05) is 0 Å². The van der Waals surface area contributed by atoms with Gasteiger partial charge in [-0.2, -0.15) is 0 Å². The average Bonchev–Trinajstić information content (AvgIpc) is 3.09. The summed E-state index contributed by atoms with van der Waals surface area (Å²) in [6.45, 7) is 2.77. The van der Waals surface area contributed by atoms with Crippen LogP contribution in [0.15, 0.2) is 21.9 Å². The number of ether oxygens (including phenoxy) is 5. The molecular formula is C21H29N2O13P. The molecule has 3 heterocycles. The van der Waals surface area contributed by atoms with Gasteiger partial charge >= 0.3 is 19.5 Å². The zero-order valence-electron chi connectivity index (χ0n) is 20.4. The Morgan fingerprint density at radius 2 is 1.97 bits per heavy atom. The van der Waals surface area contributed by atoms with E-state index in [2.05, 4.69) is 4.98 Å². The van der Waals surface area contributed by atoms with Crippen molar-refractivity contribution < 1.29 is 51.7 Å². The first-order chi connectivity index (χ1) is 17.4. The summed E-state index contributed by atoms with van der Waals surface area (Å²) in [4.78, 5) is 37.5. The summed E-state index contributed by atoms with van der Waals surface area (Å²) >= 11 is 0. The van der Waals surface area contributed by atoms with E-state index < -0.39 is 80.3 Å². The number of phosphoric acid groups is 1. The third-order valence-corrected chi connectivity index (χ3v) is 8.32. The van der Waals surface area contributed by atoms with E-state index in [-0.39, 0.29) is 0 Å². The number of carbonyl (C=O) groups excluding carboxylic acids is 1. The standard InChI is InChI=1S/C21H29N2O13P/c1-12(24)29-10-31-37(28,32-11-30-13(2)25)34-16-15-21(16)19(3,35-20(36-21)7-4-5-8-20)17(33-15)23-9-6-14(26)22-18(23)27/h6,9,12,15-17,24H,4-5,7-8,10-11H2,1-3H3,(H,22,26,27)/t12?,15-,16?,17-,19+,21+,37?/m1/s1. The molecule has 16 heteroatoms. The van der Waals surface area contributed by atoms with Gasteiger partial charge in [0.05, 0.1) is 0 Å². The number of nitrogens with one attached hydrogen (secondary N) is 1. The Hall–Kier alpha value is -1.94. The maximum atomic E-state index is 13.4. The Balaban J connectivity index is 1.43. The Labute approximate surface area is 210 Å². The fourth-order valence-corrected chi connectivity index (χ4v) is 6.48. The quantitative estimate of drug-likeness (QED) is 0.236. The van der Waals surface area contributed by atoms with Crippen LogP contribution in [0.25, 0.3) is 0 Å². The van der Waals surface area contributed by atoms with Gasteiger partial charge in [0.1, 0.15) is 17.8 Å².